The number of anilines is 3. The largest absolute Gasteiger partial charge is 0.453 e. The summed E-state index contributed by atoms with van der Waals surface area (Å²) in [5, 5.41) is 4.41. The van der Waals surface area contributed by atoms with E-state index in [1.807, 2.05) is 12.1 Å². The van der Waals surface area contributed by atoms with Crippen molar-refractivity contribution < 1.29 is 8.81 Å². The Morgan fingerprint density at radius 1 is 0.588 bits per heavy atom. The summed E-state index contributed by atoms with van der Waals surface area (Å²) in [5.74, 6) is -0.299. The van der Waals surface area contributed by atoms with E-state index in [2.05, 4.69) is 167 Å². The van der Waals surface area contributed by atoms with Crippen LogP contribution in [0.15, 0.2) is 161 Å². The summed E-state index contributed by atoms with van der Waals surface area (Å²) in [6, 6.07) is 51.5. The summed E-state index contributed by atoms with van der Waals surface area (Å²) in [4.78, 5) is 2.10. The highest BCUT2D eigenvalue weighted by atomic mass is 79.9. The lowest BCUT2D eigenvalue weighted by Crippen LogP contribution is -2.15. The molecule has 9 rings (SSSR count). The fourth-order valence-electron chi connectivity index (χ4n) is 7.38. The van der Waals surface area contributed by atoms with Gasteiger partial charge in [0.05, 0.1) is 16.7 Å². The molecule has 0 atom stereocenters. The van der Waals surface area contributed by atoms with Crippen LogP contribution in [0.1, 0.15) is 26.3 Å². The van der Waals surface area contributed by atoms with Gasteiger partial charge in [0, 0.05) is 48.6 Å². The van der Waals surface area contributed by atoms with Crippen LogP contribution in [0.5, 0.6) is 0 Å². The molecular formula is C46H34BrFN2O. The van der Waals surface area contributed by atoms with E-state index in [4.69, 9.17) is 4.42 Å². The Kier molecular flexibility index (Phi) is 7.37. The van der Waals surface area contributed by atoms with Gasteiger partial charge < -0.3 is 13.9 Å². The summed E-state index contributed by atoms with van der Waals surface area (Å²) in [6.07, 6.45) is 0. The Balaban J connectivity index is 1.27. The summed E-state index contributed by atoms with van der Waals surface area (Å²) < 4.78 is 25.1. The summed E-state index contributed by atoms with van der Waals surface area (Å²) in [5.41, 5.74) is 10.6. The molecule has 7 aromatic carbocycles. The number of rotatable bonds is 5. The van der Waals surface area contributed by atoms with E-state index in [-0.39, 0.29) is 11.2 Å². The van der Waals surface area contributed by atoms with Crippen molar-refractivity contribution in [2.24, 2.45) is 0 Å². The molecule has 248 valence electrons. The van der Waals surface area contributed by atoms with Gasteiger partial charge in [-0.25, -0.2) is 4.39 Å². The third-order valence-electron chi connectivity index (χ3n) is 9.82. The monoisotopic (exact) mass is 728 g/mol. The summed E-state index contributed by atoms with van der Waals surface area (Å²) in [7, 11) is 0. The quantitative estimate of drug-likeness (QED) is 0.176. The Labute approximate surface area is 304 Å². The number of aromatic nitrogens is 1. The lowest BCUT2D eigenvalue weighted by atomic mass is 9.87. The van der Waals surface area contributed by atoms with Crippen molar-refractivity contribution in [3.8, 4) is 16.8 Å². The molecule has 0 aliphatic heterocycles. The van der Waals surface area contributed by atoms with Crippen molar-refractivity contribution in [2.45, 2.75) is 26.2 Å². The second-order valence-corrected chi connectivity index (χ2v) is 15.0. The van der Waals surface area contributed by atoms with Gasteiger partial charge in [-0.3, -0.25) is 0 Å². The number of halogens is 2. The second-order valence-electron chi connectivity index (χ2n) is 14.1. The fraction of sp³-hybridized carbons (Fsp3) is 0.0870. The number of hydrogen-bond donors (Lipinski definition) is 0. The summed E-state index contributed by atoms with van der Waals surface area (Å²) >= 11 is 3.77. The first-order valence-electron chi connectivity index (χ1n) is 17.1. The summed E-state index contributed by atoms with van der Waals surface area (Å²) in [6.45, 7) is 6.59. The maximum absolute atomic E-state index is 14.9. The molecule has 51 heavy (non-hydrogen) atoms. The Morgan fingerprint density at radius 3 is 2.10 bits per heavy atom. The van der Waals surface area contributed by atoms with Crippen LogP contribution in [0, 0.1) is 5.82 Å². The van der Waals surface area contributed by atoms with Crippen molar-refractivity contribution in [3.63, 3.8) is 0 Å². The molecule has 2 aromatic heterocycles. The minimum Gasteiger partial charge on any atom is -0.453 e. The van der Waals surface area contributed by atoms with Crippen molar-refractivity contribution in [2.75, 3.05) is 4.90 Å². The van der Waals surface area contributed by atoms with Crippen LogP contribution in [0.4, 0.5) is 21.5 Å². The average molecular weight is 730 g/mol. The number of nitrogens with zero attached hydrogens (tertiary/aromatic N) is 2. The molecule has 5 heteroatoms. The van der Waals surface area contributed by atoms with E-state index in [0.29, 0.717) is 5.69 Å². The van der Waals surface area contributed by atoms with Crippen LogP contribution in [-0.4, -0.2) is 4.57 Å². The first-order chi connectivity index (χ1) is 24.7. The molecule has 0 aliphatic carbocycles. The molecule has 0 bridgehead atoms. The van der Waals surface area contributed by atoms with Crippen LogP contribution in [0.2, 0.25) is 0 Å². The highest BCUT2D eigenvalue weighted by molar-refractivity contribution is 9.10. The molecule has 0 fully saturated rings. The predicted molar refractivity (Wildman–Crippen MR) is 215 cm³/mol. The molecule has 0 aliphatic rings. The van der Waals surface area contributed by atoms with E-state index in [1.165, 1.54) is 22.4 Å². The maximum atomic E-state index is 14.9. The van der Waals surface area contributed by atoms with Crippen LogP contribution in [0.25, 0.3) is 60.6 Å². The number of benzene rings is 7. The zero-order valence-corrected chi connectivity index (χ0v) is 30.1. The first kappa shape index (κ1) is 31.3. The van der Waals surface area contributed by atoms with Crippen molar-refractivity contribution in [1.82, 2.24) is 4.57 Å². The highest BCUT2D eigenvalue weighted by Crippen LogP contribution is 2.46. The molecule has 0 radical (unpaired) electrons. The third kappa shape index (κ3) is 5.31. The molecule has 2 heterocycles. The van der Waals surface area contributed by atoms with Gasteiger partial charge in [-0.2, -0.15) is 0 Å². The van der Waals surface area contributed by atoms with E-state index in [1.54, 1.807) is 12.1 Å². The highest BCUT2D eigenvalue weighted by Gasteiger charge is 2.24. The van der Waals surface area contributed by atoms with Gasteiger partial charge in [-0.1, -0.05) is 116 Å². The van der Waals surface area contributed by atoms with Crippen LogP contribution >= 0.6 is 15.9 Å². The van der Waals surface area contributed by atoms with Crippen molar-refractivity contribution in [1.29, 1.82) is 0 Å². The van der Waals surface area contributed by atoms with Gasteiger partial charge in [0.1, 0.15) is 11.4 Å². The average Bonchev–Trinajstić information content (AvgIpc) is 3.68. The normalized spacial score (nSPS) is 12.0. The molecule has 3 nitrogen and oxygen atoms in total. The molecular weight excluding hydrogens is 695 g/mol. The van der Waals surface area contributed by atoms with Gasteiger partial charge in [-0.15, -0.1) is 0 Å². The molecule has 0 saturated carbocycles. The van der Waals surface area contributed by atoms with Gasteiger partial charge in [0.25, 0.3) is 0 Å². The van der Waals surface area contributed by atoms with E-state index >= 15 is 0 Å². The van der Waals surface area contributed by atoms with E-state index in [9.17, 15) is 4.39 Å². The fourth-order valence-corrected chi connectivity index (χ4v) is 7.86. The minimum absolute atomic E-state index is 0.0963. The molecule has 0 spiro atoms. The smallest absolute Gasteiger partial charge is 0.159 e. The number of fused-ring (bicyclic) bond motifs is 6. The number of furan rings is 1. The van der Waals surface area contributed by atoms with Crippen LogP contribution in [-0.2, 0) is 5.41 Å². The maximum Gasteiger partial charge on any atom is 0.159 e. The molecule has 0 N–H and O–H groups in total. The van der Waals surface area contributed by atoms with Gasteiger partial charge >= 0.3 is 0 Å². The lowest BCUT2D eigenvalue weighted by molar-refractivity contribution is 0.590. The third-order valence-corrected chi connectivity index (χ3v) is 10.3. The van der Waals surface area contributed by atoms with Crippen LogP contribution < -0.4 is 4.90 Å². The Bertz CT molecular complexity index is 2770. The zero-order chi connectivity index (χ0) is 34.9. The minimum atomic E-state index is -0.299. The number of hydrogen-bond acceptors (Lipinski definition) is 2. The van der Waals surface area contributed by atoms with E-state index in [0.717, 1.165) is 65.7 Å². The van der Waals surface area contributed by atoms with Gasteiger partial charge in [0.15, 0.2) is 5.58 Å². The predicted octanol–water partition coefficient (Wildman–Crippen LogP) is 14.0. The van der Waals surface area contributed by atoms with Crippen molar-refractivity contribution >= 4 is 76.7 Å². The first-order valence-corrected chi connectivity index (χ1v) is 17.9. The van der Waals surface area contributed by atoms with Crippen LogP contribution in [0.3, 0.4) is 0 Å². The van der Waals surface area contributed by atoms with Gasteiger partial charge in [-0.05, 0) is 89.3 Å². The zero-order valence-electron chi connectivity index (χ0n) is 28.5. The molecule has 0 amide bonds. The Morgan fingerprint density at radius 2 is 1.29 bits per heavy atom. The standard InChI is InChI=1S/C46H34BrFN2O/c1-46(2,3)30-25-31(47)27-35(26-30)49(34-15-9-12-32(48)28-34)43-21-11-19-39-38-18-10-17-36(44(38)51-45(39)43)29-22-23-42-40(24-29)37-16-7-8-20-41(37)50(42)33-13-5-4-6-14-33/h4-28H,1-3H3. The lowest BCUT2D eigenvalue weighted by Gasteiger charge is -2.28. The molecule has 0 saturated heterocycles. The molecule has 9 aromatic rings. The second kappa shape index (κ2) is 12.0. The van der Waals surface area contributed by atoms with E-state index < -0.39 is 0 Å². The SMILES string of the molecule is CC(C)(C)c1cc(Br)cc(N(c2cccc(F)c2)c2cccc3c2oc2c(-c4ccc5c(c4)c4ccccc4n5-c4ccccc4)cccc23)c1. The molecule has 0 unspecified atom stereocenters. The van der Waals surface area contributed by atoms with Crippen molar-refractivity contribution in [3.05, 3.63) is 168 Å². The Hall–Kier alpha value is -5.65. The van der Waals surface area contributed by atoms with Gasteiger partial charge in [0.2, 0.25) is 0 Å². The number of para-hydroxylation sites is 4. The topological polar surface area (TPSA) is 21.3 Å².